The Morgan fingerprint density at radius 1 is 0.889 bits per heavy atom. The number of nitrogens with zero attached hydrogens (tertiary/aromatic N) is 5. The van der Waals surface area contributed by atoms with Crippen molar-refractivity contribution in [2.75, 3.05) is 18.9 Å². The third-order valence-electron chi connectivity index (χ3n) is 10.3. The SMILES string of the molecule is Nc1ncnc2c1ncn2[C@H]1C[C@@H]2OP(=O)(SCc3ccc(OC(=O)c4ccc(O)cc4)cc3)OCC3C[C@@H](OP(=O)(O)OC[C@H]2O1)[C@H](n1cc(-c2ccccc2)c(=O)[nH]c1=O)O3. The number of nitrogens with two attached hydrogens (primary N) is 1. The third-order valence-corrected chi connectivity index (χ3v) is 15.0. The second kappa shape index (κ2) is 17.6. The van der Waals surface area contributed by atoms with Crippen molar-refractivity contribution < 1.29 is 56.2 Å². The van der Waals surface area contributed by atoms with Crippen LogP contribution in [0, 0.1) is 0 Å². The Morgan fingerprint density at radius 2 is 1.67 bits per heavy atom. The Labute approximate surface area is 360 Å². The van der Waals surface area contributed by atoms with Crippen molar-refractivity contribution in [3.05, 3.63) is 130 Å². The summed E-state index contributed by atoms with van der Waals surface area (Å²) in [5.74, 6) is -0.187. The standard InChI is InChI=1S/C39H37N7O14P2S/c40-34-33-35(42-20-41-34)46(21-43-33)32-15-29-31(58-32)18-54-61(51,52)59-30-14-27(56-37(30)45-16-28(36(48)44-39(45)50)23-4-2-1-3-5-23)17-55-62(53,60-29)63-19-22-6-12-26(13-7-22)57-38(49)24-8-10-25(47)11-9-24/h1-13,16,20-21,27,29-32,37,47H,14-15,17-19H2,(H,51,52)(H2,40,41,42)(H,44,48,50)/t27?,29-,30+,31+,32+,37+,62?/m0/s1. The lowest BCUT2D eigenvalue weighted by Crippen LogP contribution is -2.37. The zero-order chi connectivity index (χ0) is 43.9. The number of carbonyl (C=O) groups excluding carboxylic acids is 1. The fourth-order valence-electron chi connectivity index (χ4n) is 7.25. The highest BCUT2D eigenvalue weighted by Gasteiger charge is 2.48. The molecule has 0 spiro atoms. The molecule has 24 heteroatoms. The maximum absolute atomic E-state index is 15.0. The number of nitrogens with one attached hydrogen (secondary N) is 1. The molecule has 3 aromatic heterocycles. The molecule has 6 aromatic rings. The molecule has 3 aromatic carbocycles. The van der Waals surface area contributed by atoms with E-state index in [9.17, 15) is 33.5 Å². The molecule has 8 atom stereocenters. The zero-order valence-electron chi connectivity index (χ0n) is 32.6. The van der Waals surface area contributed by atoms with Crippen LogP contribution in [0.1, 0.15) is 41.2 Å². The highest BCUT2D eigenvalue weighted by atomic mass is 32.7. The molecule has 5 N–H and O–H groups in total. The van der Waals surface area contributed by atoms with Crippen LogP contribution in [-0.2, 0) is 42.5 Å². The van der Waals surface area contributed by atoms with Crippen LogP contribution in [0.5, 0.6) is 11.5 Å². The molecule has 0 amide bonds. The molecular weight excluding hydrogens is 884 g/mol. The zero-order valence-corrected chi connectivity index (χ0v) is 35.3. The molecule has 3 unspecified atom stereocenters. The van der Waals surface area contributed by atoms with Gasteiger partial charge < -0.3 is 29.9 Å². The number of hydrogen-bond donors (Lipinski definition) is 4. The number of hydrogen-bond acceptors (Lipinski definition) is 18. The number of phenolic OH excluding ortho intramolecular Hbond substituents is 1. The molecule has 0 radical (unpaired) electrons. The summed E-state index contributed by atoms with van der Waals surface area (Å²) >= 11 is 0.847. The number of anilines is 1. The number of phosphoric acid groups is 1. The van der Waals surface area contributed by atoms with Gasteiger partial charge in [0.2, 0.25) is 0 Å². The van der Waals surface area contributed by atoms with Crippen LogP contribution >= 0.6 is 26.0 Å². The van der Waals surface area contributed by atoms with Gasteiger partial charge in [0.25, 0.3) is 5.56 Å². The van der Waals surface area contributed by atoms with Crippen LogP contribution in [0.25, 0.3) is 22.3 Å². The van der Waals surface area contributed by atoms with Gasteiger partial charge in [-0.05, 0) is 58.9 Å². The number of H-pyrrole nitrogens is 1. The van der Waals surface area contributed by atoms with E-state index in [2.05, 4.69) is 19.9 Å². The summed E-state index contributed by atoms with van der Waals surface area (Å²) in [4.78, 5) is 64.8. The van der Waals surface area contributed by atoms with E-state index in [1.54, 1.807) is 59.2 Å². The molecule has 21 nitrogen and oxygen atoms in total. The van der Waals surface area contributed by atoms with E-state index in [-0.39, 0.29) is 47.0 Å². The van der Waals surface area contributed by atoms with Crippen LogP contribution in [-0.4, -0.2) is 82.7 Å². The average molecular weight is 922 g/mol. The van der Waals surface area contributed by atoms with Crippen LogP contribution < -0.4 is 21.7 Å². The number of phenols is 1. The fourth-order valence-corrected chi connectivity index (χ4v) is 11.6. The quantitative estimate of drug-likeness (QED) is 0.0879. The van der Waals surface area contributed by atoms with Crippen molar-refractivity contribution in [3.63, 3.8) is 0 Å². The van der Waals surface area contributed by atoms with Crippen molar-refractivity contribution in [2.24, 2.45) is 0 Å². The lowest BCUT2D eigenvalue weighted by molar-refractivity contribution is -0.0649. The van der Waals surface area contributed by atoms with E-state index < -0.39 is 81.9 Å². The van der Waals surface area contributed by atoms with Crippen molar-refractivity contribution in [1.82, 2.24) is 29.1 Å². The van der Waals surface area contributed by atoms with Gasteiger partial charge in [0, 0.05) is 24.8 Å². The first kappa shape index (κ1) is 42.8. The number of aromatic amines is 1. The average Bonchev–Trinajstić information content (AvgIpc) is 3.99. The Bertz CT molecular complexity index is 2870. The van der Waals surface area contributed by atoms with Gasteiger partial charge in [0.15, 0.2) is 17.7 Å². The molecule has 2 bridgehead atoms. The van der Waals surface area contributed by atoms with Gasteiger partial charge in [-0.2, -0.15) is 0 Å². The summed E-state index contributed by atoms with van der Waals surface area (Å²) in [6.45, 7) is -5.22. The first-order valence-corrected chi connectivity index (χ1v) is 23.9. The smallest absolute Gasteiger partial charge is 0.472 e. The lowest BCUT2D eigenvalue weighted by Gasteiger charge is -2.27. The van der Waals surface area contributed by atoms with Crippen LogP contribution in [0.3, 0.4) is 0 Å². The van der Waals surface area contributed by atoms with Crippen molar-refractivity contribution in [2.45, 2.75) is 55.5 Å². The first-order valence-electron chi connectivity index (χ1n) is 19.3. The van der Waals surface area contributed by atoms with Crippen molar-refractivity contribution in [3.8, 4) is 22.6 Å². The van der Waals surface area contributed by atoms with E-state index in [4.69, 9.17) is 38.0 Å². The number of aromatic nitrogens is 6. The predicted molar refractivity (Wildman–Crippen MR) is 223 cm³/mol. The van der Waals surface area contributed by atoms with E-state index in [0.717, 1.165) is 15.9 Å². The lowest BCUT2D eigenvalue weighted by atomic mass is 10.1. The summed E-state index contributed by atoms with van der Waals surface area (Å²) in [5.41, 5.74) is 6.60. The number of fused-ring (bicyclic) bond motifs is 4. The Balaban J connectivity index is 0.994. The van der Waals surface area contributed by atoms with Gasteiger partial charge in [-0.15, -0.1) is 0 Å². The van der Waals surface area contributed by atoms with Gasteiger partial charge in [0.05, 0.1) is 36.8 Å². The molecule has 0 aliphatic carbocycles. The van der Waals surface area contributed by atoms with E-state index in [0.29, 0.717) is 22.3 Å². The Morgan fingerprint density at radius 3 is 2.44 bits per heavy atom. The van der Waals surface area contributed by atoms with Gasteiger partial charge >= 0.3 is 26.3 Å². The highest BCUT2D eigenvalue weighted by molar-refractivity contribution is 8.54. The number of imidazole rings is 1. The monoisotopic (exact) mass is 921 g/mol. The van der Waals surface area contributed by atoms with Gasteiger partial charge in [-0.1, -0.05) is 42.5 Å². The molecule has 6 heterocycles. The first-order chi connectivity index (χ1) is 30.3. The number of aromatic hydroxyl groups is 1. The summed E-state index contributed by atoms with van der Waals surface area (Å²) in [6.07, 6.45) is -2.87. The molecule has 3 saturated heterocycles. The summed E-state index contributed by atoms with van der Waals surface area (Å²) < 4.78 is 72.8. The molecule has 3 aliphatic heterocycles. The van der Waals surface area contributed by atoms with E-state index >= 15 is 0 Å². The van der Waals surface area contributed by atoms with E-state index in [1.165, 1.54) is 43.1 Å². The largest absolute Gasteiger partial charge is 0.508 e. The molecule has 3 fully saturated rings. The molecular formula is C39H37N7O14P2S. The second-order valence-electron chi connectivity index (χ2n) is 14.6. The molecule has 9 rings (SSSR count). The van der Waals surface area contributed by atoms with Crippen molar-refractivity contribution >= 4 is 49.0 Å². The molecule has 328 valence electrons. The normalized spacial score (nSPS) is 27.5. The second-order valence-corrected chi connectivity index (χ2v) is 20.0. The summed E-state index contributed by atoms with van der Waals surface area (Å²) in [5, 5.41) is 9.54. The number of ether oxygens (including phenoxy) is 3. The number of carbonyl (C=O) groups is 1. The van der Waals surface area contributed by atoms with E-state index in [1.807, 2.05) is 0 Å². The number of rotatable bonds is 8. The summed E-state index contributed by atoms with van der Waals surface area (Å²) in [7, 11) is -4.96. The fraction of sp³-hybridized carbons (Fsp3) is 0.282. The van der Waals surface area contributed by atoms with Gasteiger partial charge in [-0.3, -0.25) is 37.0 Å². The molecule has 63 heavy (non-hydrogen) atoms. The third kappa shape index (κ3) is 9.41. The number of esters is 1. The predicted octanol–water partition coefficient (Wildman–Crippen LogP) is 5.08. The van der Waals surface area contributed by atoms with Crippen LogP contribution in [0.2, 0.25) is 0 Å². The van der Waals surface area contributed by atoms with Crippen LogP contribution in [0.4, 0.5) is 5.82 Å². The number of nitrogen functional groups attached to an aromatic ring is 1. The number of phosphoric ester groups is 1. The van der Waals surface area contributed by atoms with Crippen LogP contribution in [0.15, 0.2) is 107 Å². The maximum Gasteiger partial charge on any atom is 0.472 e. The summed E-state index contributed by atoms with van der Waals surface area (Å²) in [6, 6.07) is 20.6. The maximum atomic E-state index is 15.0. The highest BCUT2D eigenvalue weighted by Crippen LogP contribution is 2.64. The minimum atomic E-state index is -4.96. The van der Waals surface area contributed by atoms with Gasteiger partial charge in [0.1, 0.15) is 47.9 Å². The minimum absolute atomic E-state index is 0.00318. The van der Waals surface area contributed by atoms with Gasteiger partial charge in [-0.25, -0.2) is 33.7 Å². The Hall–Kier alpha value is -5.51. The minimum Gasteiger partial charge on any atom is -0.508 e. The van der Waals surface area contributed by atoms with Crippen molar-refractivity contribution in [1.29, 1.82) is 0 Å². The molecule has 3 aliphatic rings. The number of benzene rings is 3. The molecule has 0 saturated carbocycles. The Kier molecular flexibility index (Phi) is 11.9. The topological polar surface area (TPSA) is 281 Å².